The number of carboxylic acids is 1. The van der Waals surface area contributed by atoms with Gasteiger partial charge in [0.1, 0.15) is 5.56 Å². The Hall–Kier alpha value is -1.62. The number of aromatic carboxylic acids is 1. The van der Waals surface area contributed by atoms with Crippen LogP contribution in [-0.4, -0.2) is 29.8 Å². The first kappa shape index (κ1) is 10.9. The third kappa shape index (κ3) is 1.99. The van der Waals surface area contributed by atoms with Crippen LogP contribution in [0.4, 0.5) is 0 Å². The van der Waals surface area contributed by atoms with Crippen LogP contribution >= 0.6 is 0 Å². The first-order valence-corrected chi connectivity index (χ1v) is 5.11. The van der Waals surface area contributed by atoms with Gasteiger partial charge in [0.2, 0.25) is 0 Å². The van der Waals surface area contributed by atoms with Crippen molar-refractivity contribution < 1.29 is 19.4 Å². The van der Waals surface area contributed by atoms with Crippen molar-refractivity contribution >= 4 is 5.97 Å². The minimum absolute atomic E-state index is 0.0796. The second kappa shape index (κ2) is 4.49. The van der Waals surface area contributed by atoms with Crippen molar-refractivity contribution in [2.75, 3.05) is 13.7 Å². The predicted molar refractivity (Wildman–Crippen MR) is 55.7 cm³/mol. The van der Waals surface area contributed by atoms with Crippen LogP contribution in [-0.2, 0) is 4.74 Å². The Bertz CT molecular complexity index is 399. The molecule has 1 atom stereocenters. The number of hydrogen-bond acceptors (Lipinski definition) is 4. The summed E-state index contributed by atoms with van der Waals surface area (Å²) in [5, 5.41) is 9.02. The normalized spacial score (nSPS) is 19.7. The van der Waals surface area contributed by atoms with Gasteiger partial charge in [-0.2, -0.15) is 0 Å². The van der Waals surface area contributed by atoms with Gasteiger partial charge in [-0.05, 0) is 18.9 Å². The van der Waals surface area contributed by atoms with E-state index in [4.69, 9.17) is 14.6 Å². The third-order valence-corrected chi connectivity index (χ3v) is 2.60. The molecular weight excluding hydrogens is 210 g/mol. The molecule has 16 heavy (non-hydrogen) atoms. The highest BCUT2D eigenvalue weighted by Crippen LogP contribution is 2.29. The van der Waals surface area contributed by atoms with Gasteiger partial charge in [0.05, 0.1) is 25.1 Å². The minimum Gasteiger partial charge on any atom is -0.494 e. The van der Waals surface area contributed by atoms with E-state index in [9.17, 15) is 4.79 Å². The van der Waals surface area contributed by atoms with Crippen molar-refractivity contribution in [1.82, 2.24) is 4.98 Å². The molecule has 0 spiro atoms. The summed E-state index contributed by atoms with van der Waals surface area (Å²) < 4.78 is 10.4. The zero-order valence-corrected chi connectivity index (χ0v) is 8.97. The van der Waals surface area contributed by atoms with Gasteiger partial charge in [0.25, 0.3) is 0 Å². The summed E-state index contributed by atoms with van der Waals surface area (Å²) in [5.74, 6) is -0.743. The number of pyridine rings is 1. The van der Waals surface area contributed by atoms with E-state index < -0.39 is 5.97 Å². The molecule has 0 radical (unpaired) electrons. The van der Waals surface area contributed by atoms with Crippen LogP contribution < -0.4 is 4.74 Å². The van der Waals surface area contributed by atoms with Gasteiger partial charge in [0.15, 0.2) is 5.75 Å². The number of hydrogen-bond donors (Lipinski definition) is 1. The average Bonchev–Trinajstić information content (AvgIpc) is 2.81. The molecule has 0 aromatic carbocycles. The van der Waals surface area contributed by atoms with E-state index in [1.807, 2.05) is 0 Å². The van der Waals surface area contributed by atoms with Gasteiger partial charge in [-0.1, -0.05) is 0 Å². The zero-order valence-electron chi connectivity index (χ0n) is 8.97. The van der Waals surface area contributed by atoms with E-state index in [-0.39, 0.29) is 17.4 Å². The first-order valence-electron chi connectivity index (χ1n) is 5.11. The molecule has 5 nitrogen and oxygen atoms in total. The van der Waals surface area contributed by atoms with E-state index >= 15 is 0 Å². The summed E-state index contributed by atoms with van der Waals surface area (Å²) in [6.45, 7) is 0.709. The largest absolute Gasteiger partial charge is 0.494 e. The molecular formula is C11H13NO4. The van der Waals surface area contributed by atoms with Crippen molar-refractivity contribution in [3.8, 4) is 5.75 Å². The molecule has 0 saturated carbocycles. The molecule has 1 aromatic heterocycles. The fourth-order valence-corrected chi connectivity index (χ4v) is 1.78. The number of ether oxygens (including phenoxy) is 2. The van der Waals surface area contributed by atoms with E-state index in [1.54, 1.807) is 0 Å². The lowest BCUT2D eigenvalue weighted by atomic mass is 10.1. The molecule has 0 bridgehead atoms. The predicted octanol–water partition coefficient (Wildman–Crippen LogP) is 1.64. The number of carboxylic acid groups (broad SMARTS) is 1. The van der Waals surface area contributed by atoms with Crippen molar-refractivity contribution in [3.05, 3.63) is 23.5 Å². The monoisotopic (exact) mass is 223 g/mol. The molecule has 1 aliphatic heterocycles. The second-order valence-corrected chi connectivity index (χ2v) is 3.62. The minimum atomic E-state index is -1.02. The highest BCUT2D eigenvalue weighted by molar-refractivity contribution is 5.90. The highest BCUT2D eigenvalue weighted by Gasteiger charge is 2.22. The van der Waals surface area contributed by atoms with Gasteiger partial charge in [-0.25, -0.2) is 4.79 Å². The molecule has 2 rings (SSSR count). The molecule has 1 unspecified atom stereocenters. The maximum Gasteiger partial charge on any atom is 0.339 e. The summed E-state index contributed by atoms with van der Waals surface area (Å²) in [4.78, 5) is 15.2. The smallest absolute Gasteiger partial charge is 0.339 e. The molecule has 0 amide bonds. The summed E-state index contributed by atoms with van der Waals surface area (Å²) in [7, 11) is 1.43. The number of nitrogens with zero attached hydrogens (tertiary/aromatic N) is 1. The van der Waals surface area contributed by atoms with Crippen LogP contribution in [0.1, 0.15) is 35.0 Å². The molecule has 0 aliphatic carbocycles. The standard InChI is InChI=1S/C11H13NO4/c1-15-10-6-12-8(5-7(10)11(13)14)9-3-2-4-16-9/h5-6,9H,2-4H2,1H3,(H,13,14). The Kier molecular flexibility index (Phi) is 3.05. The summed E-state index contributed by atoms with van der Waals surface area (Å²) >= 11 is 0. The lowest BCUT2D eigenvalue weighted by Gasteiger charge is -2.11. The molecule has 1 fully saturated rings. The van der Waals surface area contributed by atoms with Crippen molar-refractivity contribution in [1.29, 1.82) is 0 Å². The van der Waals surface area contributed by atoms with E-state index in [1.165, 1.54) is 19.4 Å². The molecule has 5 heteroatoms. The fraction of sp³-hybridized carbons (Fsp3) is 0.455. The Balaban J connectivity index is 2.34. The lowest BCUT2D eigenvalue weighted by molar-refractivity contribution is 0.0692. The number of aromatic nitrogens is 1. The number of methoxy groups -OCH3 is 1. The van der Waals surface area contributed by atoms with Crippen molar-refractivity contribution in [2.24, 2.45) is 0 Å². The van der Waals surface area contributed by atoms with Gasteiger partial charge in [-0.15, -0.1) is 0 Å². The summed E-state index contributed by atoms with van der Waals surface area (Å²) in [6, 6.07) is 1.52. The maximum atomic E-state index is 11.0. The Labute approximate surface area is 93.0 Å². The summed E-state index contributed by atoms with van der Waals surface area (Å²) in [6.07, 6.45) is 3.23. The molecule has 2 heterocycles. The number of rotatable bonds is 3. The Morgan fingerprint density at radius 1 is 1.69 bits per heavy atom. The van der Waals surface area contributed by atoms with Crippen LogP contribution in [0, 0.1) is 0 Å². The maximum absolute atomic E-state index is 11.0. The van der Waals surface area contributed by atoms with E-state index in [0.717, 1.165) is 12.8 Å². The van der Waals surface area contributed by atoms with Gasteiger partial charge < -0.3 is 14.6 Å². The summed E-state index contributed by atoms with van der Waals surface area (Å²) in [5.41, 5.74) is 0.790. The van der Waals surface area contributed by atoms with E-state index in [0.29, 0.717) is 12.3 Å². The van der Waals surface area contributed by atoms with Crippen molar-refractivity contribution in [3.63, 3.8) is 0 Å². The first-order chi connectivity index (χ1) is 7.72. The topological polar surface area (TPSA) is 68.7 Å². The molecule has 1 aromatic rings. The van der Waals surface area contributed by atoms with Crippen LogP contribution in [0.3, 0.4) is 0 Å². The lowest BCUT2D eigenvalue weighted by Crippen LogP contribution is -2.06. The van der Waals surface area contributed by atoms with Gasteiger partial charge in [-0.3, -0.25) is 4.98 Å². The second-order valence-electron chi connectivity index (χ2n) is 3.62. The SMILES string of the molecule is COc1cnc(C2CCCO2)cc1C(=O)O. The Morgan fingerprint density at radius 3 is 3.06 bits per heavy atom. The fourth-order valence-electron chi connectivity index (χ4n) is 1.78. The van der Waals surface area contributed by atoms with Gasteiger partial charge in [0, 0.05) is 6.61 Å². The average molecular weight is 223 g/mol. The third-order valence-electron chi connectivity index (χ3n) is 2.60. The molecule has 86 valence electrons. The molecule has 1 aliphatic rings. The van der Waals surface area contributed by atoms with Crippen LogP contribution in [0.5, 0.6) is 5.75 Å². The van der Waals surface area contributed by atoms with E-state index in [2.05, 4.69) is 4.98 Å². The molecule has 1 saturated heterocycles. The van der Waals surface area contributed by atoms with Crippen LogP contribution in [0.25, 0.3) is 0 Å². The molecule has 1 N–H and O–H groups in total. The van der Waals surface area contributed by atoms with Crippen LogP contribution in [0.2, 0.25) is 0 Å². The highest BCUT2D eigenvalue weighted by atomic mass is 16.5. The van der Waals surface area contributed by atoms with Crippen LogP contribution in [0.15, 0.2) is 12.3 Å². The number of carbonyl (C=O) groups is 1. The van der Waals surface area contributed by atoms with Gasteiger partial charge >= 0.3 is 5.97 Å². The quantitative estimate of drug-likeness (QED) is 0.843. The van der Waals surface area contributed by atoms with Crippen molar-refractivity contribution in [2.45, 2.75) is 18.9 Å². The zero-order chi connectivity index (χ0) is 11.5. The Morgan fingerprint density at radius 2 is 2.50 bits per heavy atom.